The minimum absolute atomic E-state index is 0.0407. The van der Waals surface area contributed by atoms with Crippen molar-refractivity contribution in [3.63, 3.8) is 0 Å². The van der Waals surface area contributed by atoms with E-state index in [0.717, 1.165) is 12.8 Å². The van der Waals surface area contributed by atoms with Crippen LogP contribution in [-0.2, 0) is 19.1 Å². The summed E-state index contributed by atoms with van der Waals surface area (Å²) in [6.45, 7) is 22.4. The van der Waals surface area contributed by atoms with E-state index in [4.69, 9.17) is 9.47 Å². The molecule has 1 aliphatic heterocycles. The molecule has 0 radical (unpaired) electrons. The van der Waals surface area contributed by atoms with Crippen LogP contribution in [0.2, 0.25) is 0 Å². The first-order valence-corrected chi connectivity index (χ1v) is 11.0. The third-order valence-electron chi connectivity index (χ3n) is 5.35. The second-order valence-corrected chi connectivity index (χ2v) is 12.0. The minimum atomic E-state index is -0.283. The number of likely N-dealkylation sites (tertiary alicyclic amines) is 1. The summed E-state index contributed by atoms with van der Waals surface area (Å²) < 4.78 is 11.7. The van der Waals surface area contributed by atoms with E-state index in [1.807, 2.05) is 20.8 Å². The van der Waals surface area contributed by atoms with Gasteiger partial charge in [0.05, 0.1) is 18.1 Å². The summed E-state index contributed by atoms with van der Waals surface area (Å²) in [6.07, 6.45) is 3.04. The molecule has 0 atom stereocenters. The number of ketones is 1. The normalized spacial score (nSPS) is 20.5. The third kappa shape index (κ3) is 9.61. The molecule has 0 amide bonds. The molecule has 1 saturated heterocycles. The van der Waals surface area contributed by atoms with Crippen molar-refractivity contribution in [2.24, 2.45) is 5.41 Å². The second kappa shape index (κ2) is 9.47. The fraction of sp³-hybridized carbons (Fsp3) is 0.917. The molecule has 0 aromatic rings. The molecule has 1 aliphatic rings. The Labute approximate surface area is 178 Å². The molecule has 1 heterocycles. The van der Waals surface area contributed by atoms with Gasteiger partial charge in [-0.05, 0) is 66.7 Å². The number of hydrogen-bond donors (Lipinski definition) is 0. The second-order valence-electron chi connectivity index (χ2n) is 12.0. The first kappa shape index (κ1) is 26.1. The summed E-state index contributed by atoms with van der Waals surface area (Å²) in [6, 6.07) is 0. The van der Waals surface area contributed by atoms with Crippen LogP contribution in [0, 0.1) is 5.41 Å². The summed E-state index contributed by atoms with van der Waals surface area (Å²) in [7, 11) is 0. The predicted octanol–water partition coefficient (Wildman–Crippen LogP) is 5.15. The topological polar surface area (TPSA) is 55.8 Å². The van der Waals surface area contributed by atoms with Gasteiger partial charge in [-0.2, -0.15) is 0 Å². The molecule has 170 valence electrons. The third-order valence-corrected chi connectivity index (χ3v) is 5.35. The van der Waals surface area contributed by atoms with Gasteiger partial charge in [0.15, 0.2) is 0 Å². The maximum Gasteiger partial charge on any atom is 0.306 e. The highest BCUT2D eigenvalue weighted by Crippen LogP contribution is 2.40. The maximum absolute atomic E-state index is 12.1. The molecule has 5 nitrogen and oxygen atoms in total. The summed E-state index contributed by atoms with van der Waals surface area (Å²) in [5.74, 6) is -0.161. The van der Waals surface area contributed by atoms with Crippen LogP contribution in [-0.4, -0.2) is 52.6 Å². The molecule has 0 saturated carbocycles. The summed E-state index contributed by atoms with van der Waals surface area (Å²) >= 11 is 0. The van der Waals surface area contributed by atoms with Gasteiger partial charge in [-0.3, -0.25) is 14.5 Å². The molecule has 1 rings (SSSR count). The van der Waals surface area contributed by atoms with Gasteiger partial charge in [0, 0.05) is 30.5 Å². The van der Waals surface area contributed by atoms with Gasteiger partial charge in [-0.1, -0.05) is 20.8 Å². The lowest BCUT2D eigenvalue weighted by Gasteiger charge is -2.55. The molecule has 0 spiro atoms. The number of Topliss-reactive ketones (excluding diaryl/α,β-unsaturated/α-hetero) is 1. The van der Waals surface area contributed by atoms with E-state index in [1.165, 1.54) is 0 Å². The highest BCUT2D eigenvalue weighted by Gasteiger charge is 2.46. The van der Waals surface area contributed by atoms with E-state index in [-0.39, 0.29) is 52.8 Å². The Hall–Kier alpha value is -0.940. The Morgan fingerprint density at radius 3 is 1.90 bits per heavy atom. The first-order chi connectivity index (χ1) is 12.9. The van der Waals surface area contributed by atoms with Crippen molar-refractivity contribution < 1.29 is 19.1 Å². The van der Waals surface area contributed by atoms with Crippen LogP contribution in [0.1, 0.15) is 101 Å². The van der Waals surface area contributed by atoms with Crippen molar-refractivity contribution in [1.82, 2.24) is 4.90 Å². The minimum Gasteiger partial charge on any atom is -0.464 e. The molecule has 0 N–H and O–H groups in total. The number of ether oxygens (including phenoxy) is 2. The Bertz CT molecular complexity index is 548. The smallest absolute Gasteiger partial charge is 0.306 e. The van der Waals surface area contributed by atoms with Crippen LogP contribution in [0.3, 0.4) is 0 Å². The van der Waals surface area contributed by atoms with E-state index in [1.54, 1.807) is 0 Å². The Kier molecular flexibility index (Phi) is 8.52. The molecule has 5 heteroatoms. The van der Waals surface area contributed by atoms with Gasteiger partial charge < -0.3 is 9.47 Å². The van der Waals surface area contributed by atoms with Gasteiger partial charge in [-0.15, -0.1) is 0 Å². The van der Waals surface area contributed by atoms with E-state index < -0.39 is 0 Å². The average molecular weight is 412 g/mol. The SMILES string of the molecule is CC(C)(C)CC(=O)CCC(=O)OCCN1C(C)(C)CC(OC(C)(C)C)CC1(C)C. The summed E-state index contributed by atoms with van der Waals surface area (Å²) in [5.41, 5.74) is -0.292. The summed E-state index contributed by atoms with van der Waals surface area (Å²) in [5, 5.41) is 0. The van der Waals surface area contributed by atoms with Crippen molar-refractivity contribution in [2.75, 3.05) is 13.2 Å². The maximum atomic E-state index is 12.1. The fourth-order valence-corrected chi connectivity index (χ4v) is 4.66. The zero-order valence-corrected chi connectivity index (χ0v) is 20.6. The number of nitrogens with zero attached hydrogens (tertiary/aromatic N) is 1. The molecule has 0 unspecified atom stereocenters. The molecule has 1 fully saturated rings. The van der Waals surface area contributed by atoms with Gasteiger partial charge in [0.1, 0.15) is 12.4 Å². The molecule has 0 bridgehead atoms. The Morgan fingerprint density at radius 2 is 1.45 bits per heavy atom. The number of piperidine rings is 1. The highest BCUT2D eigenvalue weighted by atomic mass is 16.5. The number of carbonyl (C=O) groups excluding carboxylic acids is 2. The van der Waals surface area contributed by atoms with Crippen LogP contribution in [0.5, 0.6) is 0 Å². The standard InChI is InChI=1S/C24H45NO4/c1-21(2,3)15-18(26)11-12-20(27)28-14-13-25-23(7,8)16-19(17-24(25,9)10)29-22(4,5)6/h19H,11-17H2,1-10H3. The molecular weight excluding hydrogens is 366 g/mol. The molecular formula is C24H45NO4. The average Bonchev–Trinajstić information content (AvgIpc) is 2.43. The lowest BCUT2D eigenvalue weighted by molar-refractivity contribution is -0.156. The van der Waals surface area contributed by atoms with Gasteiger partial charge in [0.25, 0.3) is 0 Å². The van der Waals surface area contributed by atoms with Crippen LogP contribution < -0.4 is 0 Å². The van der Waals surface area contributed by atoms with Crippen molar-refractivity contribution in [3.05, 3.63) is 0 Å². The van der Waals surface area contributed by atoms with Gasteiger partial charge in [0.2, 0.25) is 0 Å². The monoisotopic (exact) mass is 411 g/mol. The molecule has 29 heavy (non-hydrogen) atoms. The molecule has 0 aromatic carbocycles. The fourth-order valence-electron chi connectivity index (χ4n) is 4.66. The van der Waals surface area contributed by atoms with Gasteiger partial charge >= 0.3 is 5.97 Å². The molecule has 0 aromatic heterocycles. The van der Waals surface area contributed by atoms with Crippen molar-refractivity contribution >= 4 is 11.8 Å². The van der Waals surface area contributed by atoms with Crippen molar-refractivity contribution in [3.8, 4) is 0 Å². The Morgan fingerprint density at radius 1 is 0.931 bits per heavy atom. The lowest BCUT2D eigenvalue weighted by atomic mass is 9.78. The van der Waals surface area contributed by atoms with Crippen molar-refractivity contribution in [2.45, 2.75) is 124 Å². The summed E-state index contributed by atoms with van der Waals surface area (Å²) in [4.78, 5) is 26.5. The number of hydrogen-bond acceptors (Lipinski definition) is 5. The van der Waals surface area contributed by atoms with Crippen LogP contribution in [0.25, 0.3) is 0 Å². The van der Waals surface area contributed by atoms with Crippen LogP contribution >= 0.6 is 0 Å². The van der Waals surface area contributed by atoms with Crippen LogP contribution in [0.15, 0.2) is 0 Å². The quantitative estimate of drug-likeness (QED) is 0.517. The predicted molar refractivity (Wildman–Crippen MR) is 118 cm³/mol. The zero-order valence-electron chi connectivity index (χ0n) is 20.6. The number of carbonyl (C=O) groups is 2. The van der Waals surface area contributed by atoms with Crippen LogP contribution in [0.4, 0.5) is 0 Å². The number of rotatable bonds is 8. The lowest BCUT2D eigenvalue weighted by Crippen LogP contribution is -2.63. The largest absolute Gasteiger partial charge is 0.464 e. The van der Waals surface area contributed by atoms with E-state index in [9.17, 15) is 9.59 Å². The first-order valence-electron chi connectivity index (χ1n) is 11.0. The molecule has 0 aliphatic carbocycles. The van der Waals surface area contributed by atoms with Crippen molar-refractivity contribution in [1.29, 1.82) is 0 Å². The van der Waals surface area contributed by atoms with E-state index >= 15 is 0 Å². The van der Waals surface area contributed by atoms with Gasteiger partial charge in [-0.25, -0.2) is 0 Å². The zero-order chi connectivity index (χ0) is 22.7. The van der Waals surface area contributed by atoms with E-state index in [2.05, 4.69) is 53.4 Å². The Balaban J connectivity index is 2.52. The highest BCUT2D eigenvalue weighted by molar-refractivity contribution is 5.83. The van der Waals surface area contributed by atoms with E-state index in [0.29, 0.717) is 19.6 Å². The number of esters is 1.